The van der Waals surface area contributed by atoms with Crippen LogP contribution in [-0.2, 0) is 0 Å². The Kier molecular flexibility index (Phi) is 4.02. The van der Waals surface area contributed by atoms with E-state index in [-0.39, 0.29) is 0 Å². The number of fused-ring (bicyclic) bond motifs is 3. The van der Waals surface area contributed by atoms with E-state index >= 15 is 0 Å². The molecule has 30 heavy (non-hydrogen) atoms. The highest BCUT2D eigenvalue weighted by Crippen LogP contribution is 2.32. The van der Waals surface area contributed by atoms with Gasteiger partial charge in [-0.3, -0.25) is 10.1 Å². The maximum absolute atomic E-state index is 4.65. The van der Waals surface area contributed by atoms with E-state index in [1.54, 1.807) is 23.3 Å². The van der Waals surface area contributed by atoms with E-state index in [0.717, 1.165) is 33.8 Å². The Labute approximate surface area is 173 Å². The van der Waals surface area contributed by atoms with Crippen LogP contribution < -0.4 is 10.2 Å². The number of pyridine rings is 1. The average Bonchev–Trinajstić information content (AvgIpc) is 3.54. The van der Waals surface area contributed by atoms with Gasteiger partial charge in [-0.25, -0.2) is 4.68 Å². The monoisotopic (exact) mass is 401 g/mol. The molecule has 4 aromatic rings. The molecule has 9 nitrogen and oxygen atoms in total. The van der Waals surface area contributed by atoms with E-state index < -0.39 is 0 Å². The minimum atomic E-state index is 0.510. The fourth-order valence-corrected chi connectivity index (χ4v) is 4.88. The van der Waals surface area contributed by atoms with Crippen LogP contribution in [-0.4, -0.2) is 60.3 Å². The lowest BCUT2D eigenvalue weighted by Gasteiger charge is -2.36. The van der Waals surface area contributed by atoms with Crippen molar-refractivity contribution in [3.63, 3.8) is 0 Å². The summed E-state index contributed by atoms with van der Waals surface area (Å²) in [5.41, 5.74) is 3.21. The van der Waals surface area contributed by atoms with Crippen molar-refractivity contribution in [1.29, 1.82) is 0 Å². The Morgan fingerprint density at radius 1 is 1.10 bits per heavy atom. The second-order valence-corrected chi connectivity index (χ2v) is 8.25. The summed E-state index contributed by atoms with van der Waals surface area (Å²) in [6.45, 7) is 0. The van der Waals surface area contributed by atoms with Gasteiger partial charge in [0.05, 0.1) is 17.9 Å². The molecule has 4 aromatic heterocycles. The lowest BCUT2D eigenvalue weighted by atomic mass is 9.98. The fraction of sp³-hybridized carbons (Fsp3) is 0.381. The number of anilines is 1. The molecule has 0 aliphatic carbocycles. The molecule has 0 radical (unpaired) electrons. The molecule has 1 unspecified atom stereocenters. The van der Waals surface area contributed by atoms with Crippen molar-refractivity contribution in [2.75, 3.05) is 11.9 Å². The minimum Gasteiger partial charge on any atom is -0.355 e. The van der Waals surface area contributed by atoms with E-state index in [4.69, 9.17) is 0 Å². The second-order valence-electron chi connectivity index (χ2n) is 8.25. The quantitative estimate of drug-likeness (QED) is 0.541. The van der Waals surface area contributed by atoms with Crippen LogP contribution in [0.15, 0.2) is 43.0 Å². The first-order valence-corrected chi connectivity index (χ1v) is 10.4. The number of aromatic nitrogens is 7. The van der Waals surface area contributed by atoms with Crippen molar-refractivity contribution in [2.45, 2.75) is 43.8 Å². The van der Waals surface area contributed by atoms with Crippen molar-refractivity contribution >= 4 is 16.7 Å². The zero-order valence-electron chi connectivity index (χ0n) is 16.7. The molecule has 2 N–H and O–H groups in total. The van der Waals surface area contributed by atoms with Gasteiger partial charge in [0.2, 0.25) is 0 Å². The van der Waals surface area contributed by atoms with Gasteiger partial charge in [-0.1, -0.05) is 0 Å². The molecule has 2 aliphatic heterocycles. The van der Waals surface area contributed by atoms with E-state index in [1.165, 1.54) is 25.7 Å². The first-order chi connectivity index (χ1) is 14.8. The summed E-state index contributed by atoms with van der Waals surface area (Å²) in [5, 5.41) is 25.2. The van der Waals surface area contributed by atoms with Crippen LogP contribution in [0.25, 0.3) is 28.0 Å². The molecular weight excluding hydrogens is 378 g/mol. The van der Waals surface area contributed by atoms with Crippen LogP contribution in [0.2, 0.25) is 0 Å². The maximum Gasteiger partial charge on any atom is 0.151 e. The zero-order chi connectivity index (χ0) is 20.1. The zero-order valence-corrected chi connectivity index (χ0v) is 16.7. The smallest absolute Gasteiger partial charge is 0.151 e. The molecule has 6 rings (SSSR count). The summed E-state index contributed by atoms with van der Waals surface area (Å²) in [6.07, 6.45) is 12.1. The second kappa shape index (κ2) is 6.88. The first-order valence-electron chi connectivity index (χ1n) is 10.4. The molecule has 9 heteroatoms. The van der Waals surface area contributed by atoms with Gasteiger partial charge < -0.3 is 10.2 Å². The molecule has 0 aromatic carbocycles. The molecule has 2 fully saturated rings. The Morgan fingerprint density at radius 2 is 1.97 bits per heavy atom. The Hall–Kier alpha value is -3.33. The highest BCUT2D eigenvalue weighted by Gasteiger charge is 2.35. The van der Waals surface area contributed by atoms with Crippen LogP contribution in [0.4, 0.5) is 5.82 Å². The molecule has 152 valence electrons. The Balaban J connectivity index is 1.30. The average molecular weight is 401 g/mol. The van der Waals surface area contributed by atoms with Gasteiger partial charge in [-0.05, 0) is 43.9 Å². The summed E-state index contributed by atoms with van der Waals surface area (Å²) in [4.78, 5) is 6.93. The Bertz CT molecular complexity index is 1150. The number of nitrogens with zero attached hydrogens (tertiary/aromatic N) is 7. The Morgan fingerprint density at radius 3 is 2.70 bits per heavy atom. The topological polar surface area (TPSA) is 100 Å². The summed E-state index contributed by atoms with van der Waals surface area (Å²) >= 11 is 0. The third kappa shape index (κ3) is 2.85. The number of aromatic amines is 1. The molecular formula is C21H23N9. The van der Waals surface area contributed by atoms with Gasteiger partial charge in [0.1, 0.15) is 17.1 Å². The summed E-state index contributed by atoms with van der Waals surface area (Å²) in [7, 11) is 2.13. The highest BCUT2D eigenvalue weighted by atomic mass is 15.3. The van der Waals surface area contributed by atoms with Crippen LogP contribution in [0.3, 0.4) is 0 Å². The van der Waals surface area contributed by atoms with Crippen molar-refractivity contribution in [3.8, 4) is 17.1 Å². The van der Waals surface area contributed by atoms with E-state index in [1.807, 2.05) is 24.4 Å². The van der Waals surface area contributed by atoms with Crippen LogP contribution in [0.5, 0.6) is 0 Å². The van der Waals surface area contributed by atoms with Gasteiger partial charge in [-0.15, -0.1) is 10.2 Å². The van der Waals surface area contributed by atoms with Crippen molar-refractivity contribution in [2.24, 2.45) is 0 Å². The lowest BCUT2D eigenvalue weighted by Crippen LogP contribution is -2.47. The number of rotatable bonds is 4. The van der Waals surface area contributed by atoms with Gasteiger partial charge in [-0.2, -0.15) is 10.2 Å². The van der Waals surface area contributed by atoms with Crippen LogP contribution in [0, 0.1) is 0 Å². The number of H-pyrrole nitrogens is 1. The number of hydrogen-bond donors (Lipinski definition) is 2. The number of hydrogen-bond acceptors (Lipinski definition) is 7. The molecule has 6 heterocycles. The standard InChI is InChI=1S/C21H23N9/c1-29(15-9-13-3-4-14(10-15)25-13)19-6-5-17(26-27-19)20-16-11-23-28-21(16)18(12-22-20)30-8-2-7-24-30/h2,5-8,11-15,25H,3-4,9-10H2,1H3,(H,23,28)/t13-,14+,15?. The summed E-state index contributed by atoms with van der Waals surface area (Å²) in [5.74, 6) is 0.904. The SMILES string of the molecule is CN(c1ccc(-c2ncc(-n3cccn3)c3[nH]ncc23)nn1)C1C[C@H]2CC[C@@H](C1)N2. The van der Waals surface area contributed by atoms with Crippen molar-refractivity contribution < 1.29 is 0 Å². The molecule has 0 saturated carbocycles. The van der Waals surface area contributed by atoms with Gasteiger partial charge in [0.25, 0.3) is 0 Å². The first kappa shape index (κ1) is 17.5. The van der Waals surface area contributed by atoms with Crippen LogP contribution in [0.1, 0.15) is 25.7 Å². The molecule has 2 saturated heterocycles. The number of nitrogens with one attached hydrogen (secondary N) is 2. The van der Waals surface area contributed by atoms with Crippen molar-refractivity contribution in [1.82, 2.24) is 40.5 Å². The van der Waals surface area contributed by atoms with E-state index in [0.29, 0.717) is 18.1 Å². The van der Waals surface area contributed by atoms with Gasteiger partial charge in [0, 0.05) is 43.0 Å². The fourth-order valence-electron chi connectivity index (χ4n) is 4.88. The molecule has 3 atom stereocenters. The largest absolute Gasteiger partial charge is 0.355 e. The predicted molar refractivity (Wildman–Crippen MR) is 113 cm³/mol. The predicted octanol–water partition coefficient (Wildman–Crippen LogP) is 2.32. The molecule has 2 aliphatic rings. The molecule has 0 spiro atoms. The third-order valence-electron chi connectivity index (χ3n) is 6.47. The number of piperidine rings is 1. The molecule has 2 bridgehead atoms. The van der Waals surface area contributed by atoms with Gasteiger partial charge >= 0.3 is 0 Å². The van der Waals surface area contributed by atoms with Crippen molar-refractivity contribution in [3.05, 3.63) is 43.0 Å². The lowest BCUT2D eigenvalue weighted by molar-refractivity contribution is 0.353. The van der Waals surface area contributed by atoms with E-state index in [2.05, 4.69) is 47.7 Å². The van der Waals surface area contributed by atoms with Gasteiger partial charge in [0.15, 0.2) is 5.82 Å². The highest BCUT2D eigenvalue weighted by molar-refractivity contribution is 5.95. The molecule has 0 amide bonds. The minimum absolute atomic E-state index is 0.510. The third-order valence-corrected chi connectivity index (χ3v) is 6.47. The van der Waals surface area contributed by atoms with E-state index in [9.17, 15) is 0 Å². The summed E-state index contributed by atoms with van der Waals surface area (Å²) in [6, 6.07) is 7.73. The maximum atomic E-state index is 4.65. The van der Waals surface area contributed by atoms with Crippen LogP contribution >= 0.6 is 0 Å². The normalized spacial score (nSPS) is 23.2. The summed E-state index contributed by atoms with van der Waals surface area (Å²) < 4.78 is 1.77.